The lowest BCUT2D eigenvalue weighted by molar-refractivity contribution is 0.100. The number of hydrogen-bond acceptors (Lipinski definition) is 3. The molecule has 1 saturated heterocycles. The molecule has 112 valence electrons. The number of aromatic amines is 1. The third-order valence-electron chi connectivity index (χ3n) is 4.20. The topological polar surface area (TPSA) is 82.9 Å². The fourth-order valence-electron chi connectivity index (χ4n) is 2.94. The van der Waals surface area contributed by atoms with E-state index in [2.05, 4.69) is 15.6 Å². The number of primary amides is 1. The van der Waals surface area contributed by atoms with Gasteiger partial charge in [0.25, 0.3) is 5.91 Å². The highest BCUT2D eigenvalue weighted by Gasteiger charge is 2.22. The summed E-state index contributed by atoms with van der Waals surface area (Å²) in [6.45, 7) is 5.54. The average molecular weight is 290 g/mol. The fraction of sp³-hybridized carbons (Fsp3) is 0.400. The number of fused-ring (bicyclic) bond motifs is 1. The summed E-state index contributed by atoms with van der Waals surface area (Å²) < 4.78 is 14.5. The Bertz CT molecular complexity index is 716. The molecule has 0 aliphatic carbocycles. The second-order valence-corrected chi connectivity index (χ2v) is 5.60. The first-order valence-electron chi connectivity index (χ1n) is 7.07. The predicted molar refractivity (Wildman–Crippen MR) is 81.1 cm³/mol. The van der Waals surface area contributed by atoms with E-state index < -0.39 is 11.7 Å². The van der Waals surface area contributed by atoms with Gasteiger partial charge in [-0.2, -0.15) is 0 Å². The highest BCUT2D eigenvalue weighted by atomic mass is 19.1. The predicted octanol–water partition coefficient (Wildman–Crippen LogP) is 1.80. The van der Waals surface area contributed by atoms with Crippen molar-refractivity contribution in [2.75, 3.05) is 18.4 Å². The minimum absolute atomic E-state index is 0.189. The zero-order valence-electron chi connectivity index (χ0n) is 12.1. The summed E-state index contributed by atoms with van der Waals surface area (Å²) in [6, 6.07) is 1.40. The van der Waals surface area contributed by atoms with E-state index in [1.807, 2.05) is 13.8 Å². The number of rotatable bonds is 3. The highest BCUT2D eigenvalue weighted by Crippen LogP contribution is 2.34. The van der Waals surface area contributed by atoms with Crippen LogP contribution in [0.4, 0.5) is 10.1 Å². The van der Waals surface area contributed by atoms with Gasteiger partial charge in [0.1, 0.15) is 5.82 Å². The minimum atomic E-state index is -0.630. The Balaban J connectivity index is 2.21. The molecule has 1 aromatic carbocycles. The smallest absolute Gasteiger partial charge is 0.250 e. The van der Waals surface area contributed by atoms with Crippen LogP contribution in [-0.4, -0.2) is 30.0 Å². The van der Waals surface area contributed by atoms with Gasteiger partial charge in [-0.15, -0.1) is 0 Å². The summed E-state index contributed by atoms with van der Waals surface area (Å²) in [4.78, 5) is 14.7. The van der Waals surface area contributed by atoms with E-state index in [0.717, 1.165) is 30.8 Å². The molecule has 0 bridgehead atoms. The van der Waals surface area contributed by atoms with Crippen molar-refractivity contribution >= 4 is 22.5 Å². The van der Waals surface area contributed by atoms with E-state index in [0.29, 0.717) is 16.6 Å². The van der Waals surface area contributed by atoms with Crippen molar-refractivity contribution in [2.24, 2.45) is 5.73 Å². The summed E-state index contributed by atoms with van der Waals surface area (Å²) in [5.74, 6) is -1.07. The van der Waals surface area contributed by atoms with Crippen LogP contribution in [0.15, 0.2) is 6.07 Å². The maximum Gasteiger partial charge on any atom is 0.250 e. The summed E-state index contributed by atoms with van der Waals surface area (Å²) in [5.41, 5.74) is 8.45. The number of aromatic nitrogens is 1. The summed E-state index contributed by atoms with van der Waals surface area (Å²) in [6.07, 6.45) is 0.945. The van der Waals surface area contributed by atoms with Gasteiger partial charge in [0.2, 0.25) is 0 Å². The molecular weight excluding hydrogens is 271 g/mol. The molecule has 1 amide bonds. The van der Waals surface area contributed by atoms with E-state index in [1.54, 1.807) is 0 Å². The van der Waals surface area contributed by atoms with Gasteiger partial charge in [0.15, 0.2) is 0 Å². The van der Waals surface area contributed by atoms with Crippen molar-refractivity contribution in [3.63, 3.8) is 0 Å². The van der Waals surface area contributed by atoms with Gasteiger partial charge in [-0.1, -0.05) is 0 Å². The number of nitrogens with two attached hydrogens (primary N) is 1. The Hall–Kier alpha value is -2.08. The molecule has 1 atom stereocenters. The summed E-state index contributed by atoms with van der Waals surface area (Å²) in [5, 5.41) is 7.22. The van der Waals surface area contributed by atoms with E-state index in [9.17, 15) is 9.18 Å². The highest BCUT2D eigenvalue weighted by molar-refractivity contribution is 6.10. The third-order valence-corrected chi connectivity index (χ3v) is 4.20. The van der Waals surface area contributed by atoms with Crippen molar-refractivity contribution < 1.29 is 9.18 Å². The average Bonchev–Trinajstić information content (AvgIpc) is 3.02. The molecule has 2 aromatic rings. The fourth-order valence-corrected chi connectivity index (χ4v) is 2.94. The summed E-state index contributed by atoms with van der Waals surface area (Å²) >= 11 is 0. The van der Waals surface area contributed by atoms with Crippen LogP contribution in [0, 0.1) is 19.7 Å². The van der Waals surface area contributed by atoms with Gasteiger partial charge in [0.05, 0.1) is 16.8 Å². The van der Waals surface area contributed by atoms with E-state index in [4.69, 9.17) is 5.73 Å². The molecule has 0 radical (unpaired) electrons. The second-order valence-electron chi connectivity index (χ2n) is 5.60. The number of halogens is 1. The molecule has 21 heavy (non-hydrogen) atoms. The van der Waals surface area contributed by atoms with Crippen LogP contribution in [-0.2, 0) is 0 Å². The zero-order chi connectivity index (χ0) is 15.1. The Kier molecular flexibility index (Phi) is 3.33. The Morgan fingerprint density at radius 2 is 2.24 bits per heavy atom. The van der Waals surface area contributed by atoms with Gasteiger partial charge in [-0.3, -0.25) is 4.79 Å². The van der Waals surface area contributed by atoms with Crippen LogP contribution in [0.5, 0.6) is 0 Å². The van der Waals surface area contributed by atoms with Crippen molar-refractivity contribution in [1.82, 2.24) is 10.3 Å². The Labute approximate surface area is 122 Å². The SMILES string of the molecule is Cc1[nH]c2c(C(N)=O)cc(F)c(N[C@@H]3CCNC3)c2c1C. The largest absolute Gasteiger partial charge is 0.378 e. The van der Waals surface area contributed by atoms with Crippen molar-refractivity contribution in [2.45, 2.75) is 26.3 Å². The first-order chi connectivity index (χ1) is 9.99. The minimum Gasteiger partial charge on any atom is -0.378 e. The number of carbonyl (C=O) groups is 1. The number of H-pyrrole nitrogens is 1. The molecule has 3 rings (SSSR count). The number of nitrogens with one attached hydrogen (secondary N) is 3. The molecule has 1 aliphatic heterocycles. The molecule has 0 unspecified atom stereocenters. The van der Waals surface area contributed by atoms with Crippen LogP contribution in [0.25, 0.3) is 10.9 Å². The monoisotopic (exact) mass is 290 g/mol. The maximum atomic E-state index is 14.5. The first kappa shape index (κ1) is 13.9. The first-order valence-corrected chi connectivity index (χ1v) is 7.07. The maximum absolute atomic E-state index is 14.5. The van der Waals surface area contributed by atoms with Gasteiger partial charge in [-0.05, 0) is 38.4 Å². The molecule has 0 saturated carbocycles. The lowest BCUT2D eigenvalue weighted by Crippen LogP contribution is -2.23. The number of amides is 1. The Morgan fingerprint density at radius 3 is 2.86 bits per heavy atom. The molecule has 6 heteroatoms. The van der Waals surface area contributed by atoms with Crippen molar-refractivity contribution in [1.29, 1.82) is 0 Å². The number of carbonyl (C=O) groups excluding carboxylic acids is 1. The molecule has 1 aliphatic rings. The molecular formula is C15H19FN4O. The van der Waals surface area contributed by atoms with Crippen molar-refractivity contribution in [3.8, 4) is 0 Å². The zero-order valence-corrected chi connectivity index (χ0v) is 12.1. The molecule has 1 fully saturated rings. The number of hydrogen-bond donors (Lipinski definition) is 4. The molecule has 0 spiro atoms. The van der Waals surface area contributed by atoms with Gasteiger partial charge in [0, 0.05) is 23.7 Å². The van der Waals surface area contributed by atoms with Gasteiger partial charge >= 0.3 is 0 Å². The normalized spacial score (nSPS) is 18.3. The number of benzene rings is 1. The summed E-state index contributed by atoms with van der Waals surface area (Å²) in [7, 11) is 0. The molecule has 2 heterocycles. The number of anilines is 1. The van der Waals surface area contributed by atoms with E-state index in [-0.39, 0.29) is 11.6 Å². The quantitative estimate of drug-likeness (QED) is 0.695. The van der Waals surface area contributed by atoms with Gasteiger partial charge < -0.3 is 21.4 Å². The lowest BCUT2D eigenvalue weighted by Gasteiger charge is -2.16. The van der Waals surface area contributed by atoms with Crippen LogP contribution in [0.3, 0.4) is 0 Å². The number of aryl methyl sites for hydroxylation is 2. The van der Waals surface area contributed by atoms with Crippen LogP contribution >= 0.6 is 0 Å². The standard InChI is InChI=1S/C15H19FN4O/c1-7-8(2)19-13-10(15(17)21)5-11(16)14(12(7)13)20-9-3-4-18-6-9/h5,9,18-20H,3-4,6H2,1-2H3,(H2,17,21)/t9-/m1/s1. The van der Waals surface area contributed by atoms with Crippen LogP contribution in [0.1, 0.15) is 28.0 Å². The molecule has 1 aromatic heterocycles. The van der Waals surface area contributed by atoms with E-state index in [1.165, 1.54) is 6.07 Å². The Morgan fingerprint density at radius 1 is 1.48 bits per heavy atom. The second kappa shape index (κ2) is 5.04. The van der Waals surface area contributed by atoms with Crippen LogP contribution < -0.4 is 16.4 Å². The van der Waals surface area contributed by atoms with E-state index >= 15 is 0 Å². The molecule has 5 N–H and O–H groups in total. The van der Waals surface area contributed by atoms with Crippen molar-refractivity contribution in [3.05, 3.63) is 28.7 Å². The lowest BCUT2D eigenvalue weighted by atomic mass is 10.0. The van der Waals surface area contributed by atoms with Gasteiger partial charge in [-0.25, -0.2) is 4.39 Å². The molecule has 5 nitrogen and oxygen atoms in total. The van der Waals surface area contributed by atoms with Crippen LogP contribution in [0.2, 0.25) is 0 Å². The third kappa shape index (κ3) is 2.25.